The van der Waals surface area contributed by atoms with E-state index in [-0.39, 0.29) is 5.75 Å². The summed E-state index contributed by atoms with van der Waals surface area (Å²) in [5, 5.41) is 9.01. The van der Waals surface area contributed by atoms with Crippen LogP contribution in [0.4, 0.5) is 0 Å². The topological polar surface area (TPSA) is 29.5 Å². The van der Waals surface area contributed by atoms with Gasteiger partial charge in [0, 0.05) is 0 Å². The third kappa shape index (κ3) is 1.23. The molecule has 0 saturated heterocycles. The SMILES string of the molecule is Oc1ccccc1O[SiH3]. The van der Waals surface area contributed by atoms with Crippen molar-refractivity contribution in [2.24, 2.45) is 0 Å². The van der Waals surface area contributed by atoms with Crippen LogP contribution in [0.25, 0.3) is 0 Å². The molecule has 0 aromatic heterocycles. The summed E-state index contributed by atoms with van der Waals surface area (Å²) in [5.41, 5.74) is 0. The highest BCUT2D eigenvalue weighted by Gasteiger charge is 1.93. The highest BCUT2D eigenvalue weighted by molar-refractivity contribution is 6.00. The standard InChI is InChI=1S/C6H8O2Si/c7-5-3-1-2-4-6(5)8-9/h1-4,7H,9H3. The summed E-state index contributed by atoms with van der Waals surface area (Å²) in [6, 6.07) is 6.93. The van der Waals surface area contributed by atoms with Crippen LogP contribution in [-0.2, 0) is 0 Å². The lowest BCUT2D eigenvalue weighted by Gasteiger charge is -2.00. The minimum Gasteiger partial charge on any atom is -0.551 e. The van der Waals surface area contributed by atoms with E-state index in [1.165, 1.54) is 0 Å². The van der Waals surface area contributed by atoms with Gasteiger partial charge in [0.1, 0.15) is 5.75 Å². The molecular weight excluding hydrogens is 132 g/mol. The molecule has 1 rings (SSSR count). The first-order valence-corrected chi connectivity index (χ1v) is 3.48. The van der Waals surface area contributed by atoms with Crippen molar-refractivity contribution in [2.45, 2.75) is 0 Å². The molecule has 0 atom stereocenters. The van der Waals surface area contributed by atoms with Gasteiger partial charge in [0.05, 0.1) is 0 Å². The van der Waals surface area contributed by atoms with E-state index >= 15 is 0 Å². The summed E-state index contributed by atoms with van der Waals surface area (Å²) in [5.74, 6) is 0.789. The Morgan fingerprint density at radius 1 is 1.33 bits per heavy atom. The van der Waals surface area contributed by atoms with Gasteiger partial charge < -0.3 is 9.53 Å². The summed E-state index contributed by atoms with van der Waals surface area (Å²) in [6.45, 7) is 0. The lowest BCUT2D eigenvalue weighted by atomic mass is 10.3. The van der Waals surface area contributed by atoms with E-state index in [1.807, 2.05) is 6.07 Å². The monoisotopic (exact) mass is 140 g/mol. The van der Waals surface area contributed by atoms with Crippen LogP contribution in [0, 0.1) is 0 Å². The van der Waals surface area contributed by atoms with E-state index in [0.717, 1.165) is 0 Å². The van der Waals surface area contributed by atoms with Crippen LogP contribution in [-0.4, -0.2) is 15.6 Å². The third-order valence-electron chi connectivity index (χ3n) is 1.09. The molecule has 1 aromatic rings. The maximum Gasteiger partial charge on any atom is 0.204 e. The fourth-order valence-corrected chi connectivity index (χ4v) is 0.975. The average molecular weight is 140 g/mol. The van der Waals surface area contributed by atoms with Gasteiger partial charge in [0.25, 0.3) is 0 Å². The Morgan fingerprint density at radius 3 is 2.44 bits per heavy atom. The smallest absolute Gasteiger partial charge is 0.204 e. The molecule has 0 spiro atoms. The second-order valence-corrected chi connectivity index (χ2v) is 2.08. The van der Waals surface area contributed by atoms with Crippen LogP contribution in [0.2, 0.25) is 0 Å². The predicted octanol–water partition coefficient (Wildman–Crippen LogP) is 0.0514. The van der Waals surface area contributed by atoms with Crippen molar-refractivity contribution in [2.75, 3.05) is 0 Å². The summed E-state index contributed by atoms with van der Waals surface area (Å²) < 4.78 is 4.93. The Balaban J connectivity index is 3.01. The number of hydrogen-bond acceptors (Lipinski definition) is 2. The van der Waals surface area contributed by atoms with E-state index in [4.69, 9.17) is 9.53 Å². The molecule has 0 radical (unpaired) electrons. The Kier molecular flexibility index (Phi) is 1.74. The molecule has 1 N–H and O–H groups in total. The lowest BCUT2D eigenvalue weighted by Crippen LogP contribution is -1.83. The van der Waals surface area contributed by atoms with E-state index in [0.29, 0.717) is 16.2 Å². The van der Waals surface area contributed by atoms with Crippen LogP contribution in [0.3, 0.4) is 0 Å². The van der Waals surface area contributed by atoms with Gasteiger partial charge in [-0.05, 0) is 12.1 Å². The van der Waals surface area contributed by atoms with Crippen molar-refractivity contribution in [1.82, 2.24) is 0 Å². The normalized spacial score (nSPS) is 9.33. The van der Waals surface area contributed by atoms with Crippen LogP contribution in [0.15, 0.2) is 24.3 Å². The van der Waals surface area contributed by atoms with Crippen LogP contribution < -0.4 is 4.43 Å². The minimum absolute atomic E-state index is 0.215. The zero-order chi connectivity index (χ0) is 6.69. The van der Waals surface area contributed by atoms with Gasteiger partial charge in [0.2, 0.25) is 10.5 Å². The number of rotatable bonds is 1. The second-order valence-electron chi connectivity index (χ2n) is 1.67. The number of phenols is 1. The number of aromatic hydroxyl groups is 1. The maximum absolute atomic E-state index is 9.01. The molecule has 0 aliphatic carbocycles. The van der Waals surface area contributed by atoms with E-state index in [1.54, 1.807) is 18.2 Å². The van der Waals surface area contributed by atoms with Gasteiger partial charge in [-0.15, -0.1) is 0 Å². The molecule has 0 amide bonds. The van der Waals surface area contributed by atoms with Gasteiger partial charge in [-0.2, -0.15) is 0 Å². The fourth-order valence-electron chi connectivity index (χ4n) is 0.630. The van der Waals surface area contributed by atoms with Gasteiger partial charge in [0.15, 0.2) is 5.75 Å². The van der Waals surface area contributed by atoms with E-state index in [9.17, 15) is 0 Å². The lowest BCUT2D eigenvalue weighted by molar-refractivity contribution is 0.446. The van der Waals surface area contributed by atoms with Crippen LogP contribution in [0.5, 0.6) is 11.5 Å². The van der Waals surface area contributed by atoms with Crippen LogP contribution in [0.1, 0.15) is 0 Å². The van der Waals surface area contributed by atoms with E-state index < -0.39 is 0 Å². The summed E-state index contributed by atoms with van der Waals surface area (Å²) in [4.78, 5) is 0. The fraction of sp³-hybridized carbons (Fsp3) is 0. The molecule has 0 aliphatic rings. The first-order valence-electron chi connectivity index (χ1n) is 2.66. The quantitative estimate of drug-likeness (QED) is 0.559. The van der Waals surface area contributed by atoms with Crippen molar-refractivity contribution in [3.8, 4) is 11.5 Å². The predicted molar refractivity (Wildman–Crippen MR) is 38.7 cm³/mol. The molecule has 2 nitrogen and oxygen atoms in total. The molecule has 0 bridgehead atoms. The zero-order valence-electron chi connectivity index (χ0n) is 5.16. The Morgan fingerprint density at radius 2 is 2.00 bits per heavy atom. The van der Waals surface area contributed by atoms with Gasteiger partial charge in [-0.3, -0.25) is 0 Å². The second kappa shape index (κ2) is 2.55. The molecule has 0 aliphatic heterocycles. The molecule has 0 unspecified atom stereocenters. The van der Waals surface area contributed by atoms with Crippen molar-refractivity contribution >= 4 is 10.5 Å². The van der Waals surface area contributed by atoms with Gasteiger partial charge in [-0.25, -0.2) is 0 Å². The molecule has 3 heteroatoms. The Labute approximate surface area is 56.6 Å². The van der Waals surface area contributed by atoms with Crippen molar-refractivity contribution in [1.29, 1.82) is 0 Å². The number of benzene rings is 1. The van der Waals surface area contributed by atoms with Crippen molar-refractivity contribution in [3.05, 3.63) is 24.3 Å². The molecule has 48 valence electrons. The molecule has 0 fully saturated rings. The van der Waals surface area contributed by atoms with Gasteiger partial charge >= 0.3 is 0 Å². The number of hydrogen-bond donors (Lipinski definition) is 1. The van der Waals surface area contributed by atoms with Gasteiger partial charge in [-0.1, -0.05) is 12.1 Å². The van der Waals surface area contributed by atoms with E-state index in [2.05, 4.69) is 0 Å². The zero-order valence-corrected chi connectivity index (χ0v) is 7.16. The summed E-state index contributed by atoms with van der Waals surface area (Å²) >= 11 is 0. The Hall–Kier alpha value is -0.963. The molecule has 9 heavy (non-hydrogen) atoms. The Bertz CT molecular complexity index is 200. The van der Waals surface area contributed by atoms with Crippen LogP contribution >= 0.6 is 0 Å². The molecule has 0 heterocycles. The highest BCUT2D eigenvalue weighted by atomic mass is 28.2. The molecular formula is C6H8O2Si. The molecule has 0 saturated carbocycles. The summed E-state index contributed by atoms with van der Waals surface area (Å²) in [7, 11) is 0.615. The minimum atomic E-state index is 0.215. The first kappa shape index (κ1) is 6.16. The average Bonchev–Trinajstić information content (AvgIpc) is 1.89. The first-order chi connectivity index (χ1) is 4.34. The maximum atomic E-state index is 9.01. The summed E-state index contributed by atoms with van der Waals surface area (Å²) in [6.07, 6.45) is 0. The molecule has 1 aromatic carbocycles. The van der Waals surface area contributed by atoms with Crippen molar-refractivity contribution in [3.63, 3.8) is 0 Å². The third-order valence-corrected chi connectivity index (χ3v) is 1.52. The number of para-hydroxylation sites is 2. The highest BCUT2D eigenvalue weighted by Crippen LogP contribution is 2.22. The number of phenolic OH excluding ortho intramolecular Hbond substituents is 1. The van der Waals surface area contributed by atoms with Crippen molar-refractivity contribution < 1.29 is 9.53 Å². The largest absolute Gasteiger partial charge is 0.551 e.